The third kappa shape index (κ3) is 8.08. The van der Waals surface area contributed by atoms with E-state index in [-0.39, 0.29) is 18.9 Å². The number of nitrogens with one attached hydrogen (secondary N) is 3. The molecular weight excluding hydrogens is 514 g/mol. The van der Waals surface area contributed by atoms with E-state index in [1.807, 2.05) is 0 Å². The zero-order chi connectivity index (χ0) is 29.2. The van der Waals surface area contributed by atoms with Gasteiger partial charge in [0.05, 0.1) is 18.7 Å². The molecule has 0 bridgehead atoms. The second kappa shape index (κ2) is 14.2. The molecule has 2 aromatic carbocycles. The number of aliphatic hydroxyl groups is 1. The third-order valence-corrected chi connectivity index (χ3v) is 6.37. The molecule has 6 N–H and O–H groups in total. The van der Waals surface area contributed by atoms with E-state index in [1.54, 1.807) is 62.4 Å². The van der Waals surface area contributed by atoms with Crippen molar-refractivity contribution in [2.75, 3.05) is 16.8 Å². The van der Waals surface area contributed by atoms with E-state index in [1.165, 1.54) is 12.2 Å². The molecule has 0 aromatic heterocycles. The molecule has 0 fully saturated rings. The molecule has 0 saturated carbocycles. The molecule has 1 heterocycles. The van der Waals surface area contributed by atoms with E-state index < -0.39 is 41.6 Å². The number of benzene rings is 2. The summed E-state index contributed by atoms with van der Waals surface area (Å²) in [4.78, 5) is 63.8. The van der Waals surface area contributed by atoms with Gasteiger partial charge >= 0.3 is 0 Å². The van der Waals surface area contributed by atoms with Gasteiger partial charge in [0.1, 0.15) is 12.1 Å². The molecule has 5 amide bonds. The Labute approximate surface area is 232 Å². The number of imide groups is 1. The number of carbonyl (C=O) groups is 5. The van der Waals surface area contributed by atoms with Gasteiger partial charge in [-0.1, -0.05) is 38.1 Å². The zero-order valence-corrected chi connectivity index (χ0v) is 22.6. The Kier molecular flexibility index (Phi) is 10.7. The lowest BCUT2D eigenvalue weighted by atomic mass is 10.0. The highest BCUT2D eigenvalue weighted by Crippen LogP contribution is 2.20. The van der Waals surface area contributed by atoms with E-state index in [0.717, 1.165) is 4.90 Å². The van der Waals surface area contributed by atoms with Gasteiger partial charge in [-0.2, -0.15) is 0 Å². The van der Waals surface area contributed by atoms with Crippen LogP contribution in [0.3, 0.4) is 0 Å². The lowest BCUT2D eigenvalue weighted by Crippen LogP contribution is -2.54. The van der Waals surface area contributed by atoms with Crippen molar-refractivity contribution >= 4 is 40.9 Å². The molecule has 2 aromatic rings. The van der Waals surface area contributed by atoms with Crippen LogP contribution in [0.25, 0.3) is 0 Å². The normalized spacial score (nSPS) is 14.3. The van der Waals surface area contributed by atoms with Gasteiger partial charge < -0.3 is 26.8 Å². The summed E-state index contributed by atoms with van der Waals surface area (Å²) in [6, 6.07) is 11.4. The van der Waals surface area contributed by atoms with Crippen LogP contribution < -0.4 is 26.6 Å². The Hall–Kier alpha value is -4.35. The quantitative estimate of drug-likeness (QED) is 0.233. The van der Waals surface area contributed by atoms with E-state index >= 15 is 0 Å². The monoisotopic (exact) mass is 549 g/mol. The lowest BCUT2D eigenvalue weighted by molar-refractivity contribution is -0.131. The van der Waals surface area contributed by atoms with Gasteiger partial charge in [-0.25, -0.2) is 4.90 Å². The van der Waals surface area contributed by atoms with Crippen molar-refractivity contribution in [2.45, 2.75) is 51.8 Å². The van der Waals surface area contributed by atoms with Gasteiger partial charge in [0.2, 0.25) is 17.7 Å². The first-order valence-corrected chi connectivity index (χ1v) is 13.1. The van der Waals surface area contributed by atoms with Crippen LogP contribution in [-0.4, -0.2) is 53.3 Å². The van der Waals surface area contributed by atoms with Gasteiger partial charge in [0, 0.05) is 17.8 Å². The molecule has 3 rings (SSSR count). The molecule has 11 heteroatoms. The summed E-state index contributed by atoms with van der Waals surface area (Å²) in [6.07, 6.45) is 3.17. The second-order valence-corrected chi connectivity index (χ2v) is 9.81. The molecule has 11 nitrogen and oxygen atoms in total. The fourth-order valence-electron chi connectivity index (χ4n) is 4.14. The van der Waals surface area contributed by atoms with Crippen LogP contribution in [0.2, 0.25) is 0 Å². The Morgan fingerprint density at radius 1 is 0.875 bits per heavy atom. The predicted octanol–water partition coefficient (Wildman–Crippen LogP) is 1.15. The van der Waals surface area contributed by atoms with Crippen molar-refractivity contribution in [1.82, 2.24) is 10.6 Å². The molecule has 2 atom stereocenters. The first kappa shape index (κ1) is 30.2. The summed E-state index contributed by atoms with van der Waals surface area (Å²) in [5, 5.41) is 17.5. The van der Waals surface area contributed by atoms with E-state index in [4.69, 9.17) is 5.73 Å². The summed E-state index contributed by atoms with van der Waals surface area (Å²) < 4.78 is 0. The van der Waals surface area contributed by atoms with Crippen LogP contribution in [0.1, 0.15) is 37.8 Å². The maximum Gasteiger partial charge on any atom is 0.258 e. The second-order valence-electron chi connectivity index (χ2n) is 9.81. The highest BCUT2D eigenvalue weighted by atomic mass is 16.3. The number of rotatable bonds is 13. The van der Waals surface area contributed by atoms with Crippen LogP contribution in [0.15, 0.2) is 60.7 Å². The highest BCUT2D eigenvalue weighted by molar-refractivity contribution is 6.28. The molecule has 0 aliphatic carbocycles. The van der Waals surface area contributed by atoms with Gasteiger partial charge in [-0.15, -0.1) is 0 Å². The summed E-state index contributed by atoms with van der Waals surface area (Å²) >= 11 is 0. The van der Waals surface area contributed by atoms with Crippen molar-refractivity contribution in [2.24, 2.45) is 11.7 Å². The number of aliphatic hydroxyl groups excluding tert-OH is 1. The smallest absolute Gasteiger partial charge is 0.258 e. The Morgan fingerprint density at radius 2 is 1.48 bits per heavy atom. The summed E-state index contributed by atoms with van der Waals surface area (Å²) in [6.45, 7) is 3.80. The molecule has 212 valence electrons. The maximum atomic E-state index is 13.2. The van der Waals surface area contributed by atoms with Crippen LogP contribution in [-0.2, 0) is 37.0 Å². The van der Waals surface area contributed by atoms with Crippen molar-refractivity contribution < 1.29 is 29.1 Å². The molecule has 40 heavy (non-hydrogen) atoms. The van der Waals surface area contributed by atoms with Crippen molar-refractivity contribution in [3.63, 3.8) is 0 Å². The number of carbonyl (C=O) groups excluding carboxylic acids is 5. The molecule has 1 aliphatic heterocycles. The average molecular weight is 550 g/mol. The number of nitrogens with zero attached hydrogens (tertiary/aromatic N) is 1. The lowest BCUT2D eigenvalue weighted by Gasteiger charge is -2.25. The van der Waals surface area contributed by atoms with E-state index in [9.17, 15) is 29.1 Å². The zero-order valence-electron chi connectivity index (χ0n) is 22.6. The van der Waals surface area contributed by atoms with E-state index in [2.05, 4.69) is 16.0 Å². The third-order valence-electron chi connectivity index (χ3n) is 6.37. The molecule has 0 radical (unpaired) electrons. The fourth-order valence-corrected chi connectivity index (χ4v) is 4.14. The summed E-state index contributed by atoms with van der Waals surface area (Å²) in [7, 11) is 0. The average Bonchev–Trinajstić information content (AvgIpc) is 3.27. The first-order chi connectivity index (χ1) is 19.1. The standard InChI is InChI=1S/C29H35N5O6/c1-18(2)27(33-24(36)16-19-7-11-22(12-8-19)34-25(37)13-14-26(34)38)29(40)32-23(4-3-15-30)28(39)31-21-9-5-20(17-35)6-10-21/h5-14,18,23,27,35H,3-4,15-17,30H2,1-2H3,(H,31,39)(H,32,40)(H,33,36)/t23-,27-/m0/s1. The maximum absolute atomic E-state index is 13.2. The number of nitrogens with two attached hydrogens (primary N) is 1. The van der Waals surface area contributed by atoms with Crippen LogP contribution in [0.4, 0.5) is 11.4 Å². The molecule has 0 unspecified atom stereocenters. The summed E-state index contributed by atoms with van der Waals surface area (Å²) in [5.41, 5.74) is 7.88. The molecular formula is C29H35N5O6. The topological polar surface area (TPSA) is 171 Å². The predicted molar refractivity (Wildman–Crippen MR) is 150 cm³/mol. The Morgan fingerprint density at radius 3 is 2.02 bits per heavy atom. The largest absolute Gasteiger partial charge is 0.392 e. The highest BCUT2D eigenvalue weighted by Gasteiger charge is 2.29. The van der Waals surface area contributed by atoms with Crippen LogP contribution in [0, 0.1) is 5.92 Å². The number of hydrogen-bond acceptors (Lipinski definition) is 7. The number of amides is 5. The fraction of sp³-hybridized carbons (Fsp3) is 0.345. The van der Waals surface area contributed by atoms with Gasteiger partial charge in [0.15, 0.2) is 0 Å². The van der Waals surface area contributed by atoms with Gasteiger partial charge in [-0.3, -0.25) is 24.0 Å². The van der Waals surface area contributed by atoms with Gasteiger partial charge in [-0.05, 0) is 60.7 Å². The van der Waals surface area contributed by atoms with Crippen LogP contribution in [0.5, 0.6) is 0 Å². The Bertz CT molecular complexity index is 1240. The minimum absolute atomic E-state index is 0.0299. The first-order valence-electron chi connectivity index (χ1n) is 13.1. The minimum atomic E-state index is -0.894. The SMILES string of the molecule is CC(C)[C@H](NC(=O)Cc1ccc(N2C(=O)C=CC2=O)cc1)C(=O)N[C@@H](CCCN)C(=O)Nc1ccc(CO)cc1. The molecule has 1 aliphatic rings. The van der Waals surface area contributed by atoms with Crippen molar-refractivity contribution in [3.8, 4) is 0 Å². The van der Waals surface area contributed by atoms with Crippen molar-refractivity contribution in [1.29, 1.82) is 0 Å². The Balaban J connectivity index is 1.62. The number of anilines is 2. The van der Waals surface area contributed by atoms with Crippen molar-refractivity contribution in [3.05, 3.63) is 71.8 Å². The summed E-state index contributed by atoms with van der Waals surface area (Å²) in [5.74, 6) is -2.44. The van der Waals surface area contributed by atoms with Crippen LogP contribution >= 0.6 is 0 Å². The van der Waals surface area contributed by atoms with E-state index in [0.29, 0.717) is 41.9 Å². The molecule has 0 spiro atoms. The minimum Gasteiger partial charge on any atom is -0.392 e. The molecule has 0 saturated heterocycles. The number of hydrogen-bond donors (Lipinski definition) is 5. The van der Waals surface area contributed by atoms with Gasteiger partial charge in [0.25, 0.3) is 11.8 Å².